The lowest BCUT2D eigenvalue weighted by molar-refractivity contribution is 0.239. The van der Waals surface area contributed by atoms with E-state index in [0.29, 0.717) is 0 Å². The summed E-state index contributed by atoms with van der Waals surface area (Å²) in [5, 5.41) is 7.11. The maximum Gasteiger partial charge on any atom is 0.170 e. The fourth-order valence-corrected chi connectivity index (χ4v) is 1.65. The maximum absolute atomic E-state index is 6.09. The van der Waals surface area contributed by atoms with Crippen LogP contribution in [0.25, 0.3) is 0 Å². The van der Waals surface area contributed by atoms with Gasteiger partial charge in [0.2, 0.25) is 0 Å². The molecule has 2 rings (SSSR count). The van der Waals surface area contributed by atoms with Crippen LogP contribution in [0.5, 0.6) is 0 Å². The van der Waals surface area contributed by atoms with Gasteiger partial charge in [-0.05, 0) is 25.7 Å². The van der Waals surface area contributed by atoms with Gasteiger partial charge in [-0.15, -0.1) is 0 Å². The Hall–Kier alpha value is -0.900. The topological polar surface area (TPSA) is 67.6 Å². The SMILES string of the molecule is CCCc1nc(C2(N)CCC2)n[nH]1. The van der Waals surface area contributed by atoms with Gasteiger partial charge in [-0.1, -0.05) is 6.92 Å². The Labute approximate surface area is 77.9 Å². The molecule has 1 fully saturated rings. The fourth-order valence-electron chi connectivity index (χ4n) is 1.65. The van der Waals surface area contributed by atoms with E-state index in [1.165, 1.54) is 6.42 Å². The zero-order chi connectivity index (χ0) is 9.31. The molecule has 4 heteroatoms. The van der Waals surface area contributed by atoms with Gasteiger partial charge < -0.3 is 5.73 Å². The summed E-state index contributed by atoms with van der Waals surface area (Å²) in [4.78, 5) is 4.40. The number of hydrogen-bond acceptors (Lipinski definition) is 3. The molecule has 1 aromatic heterocycles. The van der Waals surface area contributed by atoms with Gasteiger partial charge in [0.05, 0.1) is 5.54 Å². The molecule has 0 radical (unpaired) electrons. The summed E-state index contributed by atoms with van der Waals surface area (Å²) >= 11 is 0. The summed E-state index contributed by atoms with van der Waals surface area (Å²) in [6.45, 7) is 2.13. The number of aromatic amines is 1. The molecule has 13 heavy (non-hydrogen) atoms. The monoisotopic (exact) mass is 180 g/mol. The van der Waals surface area contributed by atoms with Gasteiger partial charge >= 0.3 is 0 Å². The highest BCUT2D eigenvalue weighted by atomic mass is 15.2. The minimum atomic E-state index is -0.220. The third-order valence-corrected chi connectivity index (χ3v) is 2.71. The molecule has 0 amide bonds. The highest BCUT2D eigenvalue weighted by Gasteiger charge is 2.38. The van der Waals surface area contributed by atoms with Gasteiger partial charge in [0.15, 0.2) is 5.82 Å². The third kappa shape index (κ3) is 1.46. The Kier molecular flexibility index (Phi) is 2.07. The van der Waals surface area contributed by atoms with Crippen LogP contribution in [0.15, 0.2) is 0 Å². The number of H-pyrrole nitrogens is 1. The van der Waals surface area contributed by atoms with Crippen LogP contribution in [-0.2, 0) is 12.0 Å². The number of rotatable bonds is 3. The maximum atomic E-state index is 6.09. The van der Waals surface area contributed by atoms with Crippen LogP contribution in [0, 0.1) is 0 Å². The number of aryl methyl sites for hydroxylation is 1. The van der Waals surface area contributed by atoms with Gasteiger partial charge in [-0.25, -0.2) is 4.98 Å². The third-order valence-electron chi connectivity index (χ3n) is 2.71. The van der Waals surface area contributed by atoms with Gasteiger partial charge in [0.25, 0.3) is 0 Å². The number of nitrogens with two attached hydrogens (primary N) is 1. The summed E-state index contributed by atoms with van der Waals surface area (Å²) in [5.74, 6) is 1.77. The molecule has 4 nitrogen and oxygen atoms in total. The molecule has 0 atom stereocenters. The van der Waals surface area contributed by atoms with E-state index in [2.05, 4.69) is 22.1 Å². The van der Waals surface area contributed by atoms with Crippen molar-refractivity contribution in [3.8, 4) is 0 Å². The molecule has 0 bridgehead atoms. The molecule has 0 aromatic carbocycles. The van der Waals surface area contributed by atoms with Gasteiger partial charge in [-0.3, -0.25) is 5.10 Å². The number of hydrogen-bond donors (Lipinski definition) is 2. The molecule has 1 heterocycles. The highest BCUT2D eigenvalue weighted by molar-refractivity contribution is 5.09. The lowest BCUT2D eigenvalue weighted by Gasteiger charge is -2.34. The van der Waals surface area contributed by atoms with E-state index < -0.39 is 0 Å². The average molecular weight is 180 g/mol. The van der Waals surface area contributed by atoms with E-state index in [4.69, 9.17) is 5.73 Å². The highest BCUT2D eigenvalue weighted by Crippen LogP contribution is 2.36. The van der Waals surface area contributed by atoms with Crippen LogP contribution in [-0.4, -0.2) is 15.2 Å². The van der Waals surface area contributed by atoms with E-state index in [1.807, 2.05) is 0 Å². The van der Waals surface area contributed by atoms with Gasteiger partial charge in [0, 0.05) is 6.42 Å². The predicted molar refractivity (Wildman–Crippen MR) is 50.1 cm³/mol. The molecule has 0 saturated heterocycles. The molecule has 0 unspecified atom stereocenters. The van der Waals surface area contributed by atoms with E-state index in [9.17, 15) is 0 Å². The van der Waals surface area contributed by atoms with Crippen LogP contribution < -0.4 is 5.73 Å². The second-order valence-corrected chi connectivity index (χ2v) is 3.87. The van der Waals surface area contributed by atoms with Crippen molar-refractivity contribution in [3.05, 3.63) is 11.6 Å². The molecular formula is C9H16N4. The second-order valence-electron chi connectivity index (χ2n) is 3.87. The summed E-state index contributed by atoms with van der Waals surface area (Å²) in [6, 6.07) is 0. The van der Waals surface area contributed by atoms with Crippen molar-refractivity contribution in [2.45, 2.75) is 44.6 Å². The van der Waals surface area contributed by atoms with Crippen molar-refractivity contribution in [1.82, 2.24) is 15.2 Å². The smallest absolute Gasteiger partial charge is 0.170 e. The predicted octanol–water partition coefficient (Wildman–Crippen LogP) is 1.10. The zero-order valence-corrected chi connectivity index (χ0v) is 8.01. The normalized spacial score (nSPS) is 19.8. The van der Waals surface area contributed by atoms with E-state index >= 15 is 0 Å². The summed E-state index contributed by atoms with van der Waals surface area (Å²) in [6.07, 6.45) is 5.30. The van der Waals surface area contributed by atoms with Crippen LogP contribution in [0.1, 0.15) is 44.3 Å². The molecule has 0 spiro atoms. The molecule has 3 N–H and O–H groups in total. The number of nitrogens with one attached hydrogen (secondary N) is 1. The first-order valence-corrected chi connectivity index (χ1v) is 4.95. The Bertz CT molecular complexity index is 288. The van der Waals surface area contributed by atoms with Crippen molar-refractivity contribution in [2.75, 3.05) is 0 Å². The summed E-state index contributed by atoms with van der Waals surface area (Å²) < 4.78 is 0. The van der Waals surface area contributed by atoms with Crippen LogP contribution in [0.3, 0.4) is 0 Å². The fraction of sp³-hybridized carbons (Fsp3) is 0.778. The summed E-state index contributed by atoms with van der Waals surface area (Å²) in [7, 11) is 0. The van der Waals surface area contributed by atoms with E-state index in [0.717, 1.165) is 37.3 Å². The Morgan fingerprint density at radius 1 is 1.54 bits per heavy atom. The van der Waals surface area contributed by atoms with Crippen LogP contribution >= 0.6 is 0 Å². The van der Waals surface area contributed by atoms with Crippen molar-refractivity contribution in [1.29, 1.82) is 0 Å². The Balaban J connectivity index is 2.12. The lowest BCUT2D eigenvalue weighted by atomic mass is 9.77. The van der Waals surface area contributed by atoms with Crippen molar-refractivity contribution in [3.63, 3.8) is 0 Å². The molecule has 0 aliphatic heterocycles. The van der Waals surface area contributed by atoms with Crippen molar-refractivity contribution < 1.29 is 0 Å². The number of aromatic nitrogens is 3. The minimum absolute atomic E-state index is 0.220. The quantitative estimate of drug-likeness (QED) is 0.731. The van der Waals surface area contributed by atoms with Crippen molar-refractivity contribution in [2.24, 2.45) is 5.73 Å². The zero-order valence-electron chi connectivity index (χ0n) is 8.01. The standard InChI is InChI=1S/C9H16N4/c1-2-4-7-11-8(13-12-7)9(10)5-3-6-9/h2-6,10H2,1H3,(H,11,12,13). The number of nitrogens with zero attached hydrogens (tertiary/aromatic N) is 2. The minimum Gasteiger partial charge on any atom is -0.319 e. The first-order valence-electron chi connectivity index (χ1n) is 4.95. The molecule has 1 aromatic rings. The Morgan fingerprint density at radius 3 is 2.85 bits per heavy atom. The van der Waals surface area contributed by atoms with Gasteiger partial charge in [-0.2, -0.15) is 5.10 Å². The largest absolute Gasteiger partial charge is 0.319 e. The van der Waals surface area contributed by atoms with Crippen LogP contribution in [0.4, 0.5) is 0 Å². The second kappa shape index (κ2) is 3.10. The van der Waals surface area contributed by atoms with Crippen LogP contribution in [0.2, 0.25) is 0 Å². The molecule has 1 aliphatic rings. The molecule has 1 aliphatic carbocycles. The molecule has 1 saturated carbocycles. The first kappa shape index (κ1) is 8.69. The lowest BCUT2D eigenvalue weighted by Crippen LogP contribution is -2.44. The van der Waals surface area contributed by atoms with Gasteiger partial charge in [0.1, 0.15) is 5.82 Å². The Morgan fingerprint density at radius 2 is 2.31 bits per heavy atom. The van der Waals surface area contributed by atoms with E-state index in [1.54, 1.807) is 0 Å². The molecule has 72 valence electrons. The van der Waals surface area contributed by atoms with E-state index in [-0.39, 0.29) is 5.54 Å². The molecular weight excluding hydrogens is 164 g/mol. The average Bonchev–Trinajstić information content (AvgIpc) is 2.50. The van der Waals surface area contributed by atoms with Crippen molar-refractivity contribution >= 4 is 0 Å². The first-order chi connectivity index (χ1) is 6.24. The summed E-state index contributed by atoms with van der Waals surface area (Å²) in [5.41, 5.74) is 5.87.